The van der Waals surface area contributed by atoms with E-state index in [1.54, 1.807) is 33.7 Å². The Labute approximate surface area is 245 Å². The van der Waals surface area contributed by atoms with Crippen LogP contribution < -0.4 is 10.1 Å². The SMILES string of the molecule is CC(C)N1CCC(NC(=O)Oc2nc3cc(C(=O)N4CC(O)C4)ccc3n2Cc2cc(-c3ccc(Cl)s3)on2)CC1. The Morgan fingerprint density at radius 3 is 2.66 bits per heavy atom. The predicted octanol–water partition coefficient (Wildman–Crippen LogP) is 4.23. The lowest BCUT2D eigenvalue weighted by Gasteiger charge is -2.35. The normalized spacial score (nSPS) is 16.9. The largest absolute Gasteiger partial charge is 0.415 e. The van der Waals surface area contributed by atoms with Gasteiger partial charge >= 0.3 is 12.1 Å². The van der Waals surface area contributed by atoms with Crippen LogP contribution in [0.1, 0.15) is 42.7 Å². The smallest absolute Gasteiger partial charge is 0.389 e. The first-order valence-electron chi connectivity index (χ1n) is 13.6. The second-order valence-electron chi connectivity index (χ2n) is 10.8. The molecule has 0 radical (unpaired) electrons. The Hall–Kier alpha value is -3.45. The summed E-state index contributed by atoms with van der Waals surface area (Å²) in [5.74, 6) is 0.398. The van der Waals surface area contributed by atoms with Gasteiger partial charge in [0.1, 0.15) is 5.69 Å². The number of imidazole rings is 1. The molecule has 5 heterocycles. The number of ether oxygens (including phenoxy) is 1. The Bertz CT molecular complexity index is 1570. The van der Waals surface area contributed by atoms with E-state index >= 15 is 0 Å². The number of piperidine rings is 1. The summed E-state index contributed by atoms with van der Waals surface area (Å²) in [7, 11) is 0. The summed E-state index contributed by atoms with van der Waals surface area (Å²) >= 11 is 7.47. The van der Waals surface area contributed by atoms with Gasteiger partial charge in [0.2, 0.25) is 0 Å². The van der Waals surface area contributed by atoms with Crippen molar-refractivity contribution in [2.75, 3.05) is 26.2 Å². The molecule has 13 heteroatoms. The number of halogens is 1. The fraction of sp³-hybridized carbons (Fsp3) is 0.429. The quantitative estimate of drug-likeness (QED) is 0.324. The summed E-state index contributed by atoms with van der Waals surface area (Å²) in [5.41, 5.74) is 2.21. The lowest BCUT2D eigenvalue weighted by molar-refractivity contribution is 0.00590. The zero-order valence-corrected chi connectivity index (χ0v) is 24.3. The minimum atomic E-state index is -0.579. The Morgan fingerprint density at radius 1 is 1.20 bits per heavy atom. The van der Waals surface area contributed by atoms with Crippen LogP contribution in [-0.2, 0) is 6.54 Å². The van der Waals surface area contributed by atoms with Crippen LogP contribution >= 0.6 is 22.9 Å². The van der Waals surface area contributed by atoms with E-state index in [2.05, 4.69) is 34.2 Å². The number of aromatic nitrogens is 3. The number of hydrogen-bond donors (Lipinski definition) is 2. The Balaban J connectivity index is 1.24. The Morgan fingerprint density at radius 2 is 1.98 bits per heavy atom. The van der Waals surface area contributed by atoms with Crippen molar-refractivity contribution in [1.82, 2.24) is 29.8 Å². The molecule has 6 rings (SSSR count). The van der Waals surface area contributed by atoms with Crippen LogP contribution in [0.3, 0.4) is 0 Å². The Kier molecular flexibility index (Phi) is 7.73. The van der Waals surface area contributed by atoms with E-state index in [-0.39, 0.29) is 24.5 Å². The van der Waals surface area contributed by atoms with Crippen molar-refractivity contribution in [2.45, 2.75) is 51.4 Å². The van der Waals surface area contributed by atoms with Gasteiger partial charge in [0.05, 0.1) is 32.9 Å². The molecule has 41 heavy (non-hydrogen) atoms. The van der Waals surface area contributed by atoms with E-state index in [4.69, 9.17) is 20.9 Å². The third-order valence-corrected chi connectivity index (χ3v) is 8.82. The van der Waals surface area contributed by atoms with Crippen molar-refractivity contribution in [3.63, 3.8) is 0 Å². The first-order chi connectivity index (χ1) is 19.7. The number of aliphatic hydroxyl groups is 1. The number of amides is 2. The minimum absolute atomic E-state index is 0.0159. The van der Waals surface area contributed by atoms with Gasteiger partial charge in [0.15, 0.2) is 5.76 Å². The lowest BCUT2D eigenvalue weighted by atomic mass is 10.0. The molecule has 0 saturated carbocycles. The zero-order valence-electron chi connectivity index (χ0n) is 22.7. The van der Waals surface area contributed by atoms with Crippen molar-refractivity contribution < 1.29 is 24.0 Å². The van der Waals surface area contributed by atoms with Crippen LogP contribution in [0.2, 0.25) is 4.34 Å². The number of fused-ring (bicyclic) bond motifs is 1. The maximum absolute atomic E-state index is 13.0. The fourth-order valence-corrected chi connectivity index (χ4v) is 6.22. The van der Waals surface area contributed by atoms with E-state index in [0.717, 1.165) is 30.8 Å². The van der Waals surface area contributed by atoms with E-state index in [0.29, 0.717) is 51.5 Å². The summed E-state index contributed by atoms with van der Waals surface area (Å²) < 4.78 is 13.7. The highest BCUT2D eigenvalue weighted by Gasteiger charge is 2.30. The zero-order chi connectivity index (χ0) is 28.7. The second kappa shape index (κ2) is 11.4. The molecule has 0 bridgehead atoms. The molecule has 2 amide bonds. The summed E-state index contributed by atoms with van der Waals surface area (Å²) in [6.07, 6.45) is 0.615. The molecular weight excluding hydrogens is 568 g/mol. The molecule has 2 fully saturated rings. The van der Waals surface area contributed by atoms with Gasteiger partial charge in [-0.1, -0.05) is 16.8 Å². The summed E-state index contributed by atoms with van der Waals surface area (Å²) in [4.78, 5) is 35.2. The molecule has 3 aromatic heterocycles. The van der Waals surface area contributed by atoms with Gasteiger partial charge in [-0.05, 0) is 57.0 Å². The first kappa shape index (κ1) is 27.7. The molecule has 11 nitrogen and oxygen atoms in total. The van der Waals surface area contributed by atoms with Crippen LogP contribution in [0, 0.1) is 0 Å². The number of thiophene rings is 1. The van der Waals surface area contributed by atoms with E-state index < -0.39 is 12.2 Å². The highest BCUT2D eigenvalue weighted by Crippen LogP contribution is 2.32. The van der Waals surface area contributed by atoms with Crippen molar-refractivity contribution in [3.8, 4) is 16.6 Å². The van der Waals surface area contributed by atoms with Gasteiger partial charge in [0.25, 0.3) is 5.91 Å². The van der Waals surface area contributed by atoms with Crippen LogP contribution in [-0.4, -0.2) is 86.0 Å². The molecular formula is C28H31ClN6O5S. The van der Waals surface area contributed by atoms with Crippen molar-refractivity contribution in [3.05, 3.63) is 52.0 Å². The maximum Gasteiger partial charge on any atom is 0.415 e. The summed E-state index contributed by atoms with van der Waals surface area (Å²) in [5, 5.41) is 16.8. The van der Waals surface area contributed by atoms with Crippen LogP contribution in [0.5, 0.6) is 6.01 Å². The van der Waals surface area contributed by atoms with E-state index in [1.165, 1.54) is 11.3 Å². The first-order valence-corrected chi connectivity index (χ1v) is 14.8. The van der Waals surface area contributed by atoms with Gasteiger partial charge in [0, 0.05) is 49.9 Å². The third kappa shape index (κ3) is 5.96. The van der Waals surface area contributed by atoms with Crippen molar-refractivity contribution in [2.24, 2.45) is 0 Å². The van der Waals surface area contributed by atoms with Crippen LogP contribution in [0.4, 0.5) is 4.79 Å². The molecule has 2 saturated heterocycles. The number of nitrogens with zero attached hydrogens (tertiary/aromatic N) is 5. The van der Waals surface area contributed by atoms with E-state index in [1.807, 2.05) is 12.1 Å². The molecule has 4 aromatic rings. The number of carbonyl (C=O) groups is 2. The molecule has 1 aromatic carbocycles. The van der Waals surface area contributed by atoms with Crippen LogP contribution in [0.15, 0.2) is 40.9 Å². The molecule has 0 aliphatic carbocycles. The van der Waals surface area contributed by atoms with E-state index in [9.17, 15) is 14.7 Å². The summed E-state index contributed by atoms with van der Waals surface area (Å²) in [6.45, 7) is 7.00. The molecule has 2 N–H and O–H groups in total. The average molecular weight is 599 g/mol. The number of likely N-dealkylation sites (tertiary alicyclic amines) is 2. The molecule has 216 valence electrons. The molecule has 0 atom stereocenters. The maximum atomic E-state index is 13.0. The fourth-order valence-electron chi connectivity index (χ4n) is 5.23. The standard InChI is InChI=1S/C28H31ClN6O5S/c1-16(2)33-9-7-18(8-10-33)30-28(38)39-27-31-21-11-17(26(37)34-14-20(36)15-34)3-4-22(21)35(27)13-19-12-23(40-32-19)24-5-6-25(29)41-24/h3-6,11-12,16,18,20,36H,7-10,13-15H2,1-2H3,(H,30,38). The minimum Gasteiger partial charge on any atom is -0.389 e. The number of β-amino-alcohol motifs (C(OH)–C–C–N with tert-alkyl or cyclic N) is 1. The number of hydrogen-bond acceptors (Lipinski definition) is 9. The highest BCUT2D eigenvalue weighted by molar-refractivity contribution is 7.19. The topological polar surface area (TPSA) is 126 Å². The van der Waals surface area contributed by atoms with Crippen molar-refractivity contribution in [1.29, 1.82) is 0 Å². The van der Waals surface area contributed by atoms with Gasteiger partial charge in [-0.25, -0.2) is 4.79 Å². The summed E-state index contributed by atoms with van der Waals surface area (Å²) in [6, 6.07) is 11.2. The van der Waals surface area contributed by atoms with Crippen LogP contribution in [0.25, 0.3) is 21.7 Å². The molecule has 2 aliphatic heterocycles. The molecule has 0 spiro atoms. The van der Waals surface area contributed by atoms with Gasteiger partial charge in [-0.15, -0.1) is 11.3 Å². The number of nitrogens with one attached hydrogen (secondary N) is 1. The highest BCUT2D eigenvalue weighted by atomic mass is 35.5. The van der Waals surface area contributed by atoms with Gasteiger partial charge < -0.3 is 29.5 Å². The third-order valence-electron chi connectivity index (χ3n) is 7.57. The number of benzene rings is 1. The molecule has 0 unspecified atom stereocenters. The number of aliphatic hydroxyl groups excluding tert-OH is 1. The van der Waals surface area contributed by atoms with Gasteiger partial charge in [-0.3, -0.25) is 9.36 Å². The lowest BCUT2D eigenvalue weighted by Crippen LogP contribution is -2.53. The predicted molar refractivity (Wildman–Crippen MR) is 154 cm³/mol. The number of carbonyl (C=O) groups excluding carboxylic acids is 2. The van der Waals surface area contributed by atoms with Crippen molar-refractivity contribution >= 4 is 46.0 Å². The number of rotatable bonds is 7. The average Bonchev–Trinajstić information content (AvgIpc) is 3.66. The monoisotopic (exact) mass is 598 g/mol. The second-order valence-corrected chi connectivity index (χ2v) is 12.5. The molecule has 2 aliphatic rings. The van der Waals surface area contributed by atoms with Gasteiger partial charge in [-0.2, -0.15) is 4.98 Å².